The maximum atomic E-state index is 14.7. The molecule has 1 N–H and O–H groups in total. The van der Waals surface area contributed by atoms with Crippen LogP contribution in [-0.4, -0.2) is 57.8 Å². The number of fused-ring (bicyclic) bond motifs is 1. The normalized spacial score (nSPS) is 15.9. The number of carbonyl (C=O) groups is 1. The first-order valence-electron chi connectivity index (χ1n) is 11.2. The zero-order chi connectivity index (χ0) is 24.5. The van der Waals surface area contributed by atoms with Crippen LogP contribution < -0.4 is 4.90 Å². The van der Waals surface area contributed by atoms with E-state index in [1.807, 2.05) is 37.3 Å². The van der Waals surface area contributed by atoms with Crippen molar-refractivity contribution in [3.05, 3.63) is 77.9 Å². The summed E-state index contributed by atoms with van der Waals surface area (Å²) in [4.78, 5) is 29.7. The summed E-state index contributed by atoms with van der Waals surface area (Å²) in [7, 11) is 1.37. The van der Waals surface area contributed by atoms with Gasteiger partial charge in [0, 0.05) is 37.4 Å². The molecule has 2 aromatic heterocycles. The number of carbonyl (C=O) groups excluding carboxylic acids is 1. The quantitative estimate of drug-likeness (QED) is 0.469. The van der Waals surface area contributed by atoms with E-state index >= 15 is 0 Å². The predicted octanol–water partition coefficient (Wildman–Crippen LogP) is 4.47. The summed E-state index contributed by atoms with van der Waals surface area (Å²) in [5, 5.41) is 11.2. The Bertz CT molecular complexity index is 1380. The lowest BCUT2D eigenvalue weighted by molar-refractivity contribution is 0.0991. The van der Waals surface area contributed by atoms with E-state index in [0.717, 1.165) is 16.5 Å². The highest BCUT2D eigenvalue weighted by molar-refractivity contribution is 5.92. The molecule has 2 aromatic carbocycles. The van der Waals surface area contributed by atoms with Gasteiger partial charge in [-0.1, -0.05) is 12.1 Å². The van der Waals surface area contributed by atoms with Gasteiger partial charge in [-0.05, 0) is 54.4 Å². The topological polar surface area (TPSA) is 91.7 Å². The number of hydrogen-bond acceptors (Lipinski definition) is 7. The summed E-state index contributed by atoms with van der Waals surface area (Å²) in [6, 6.07) is 13.4. The second-order valence-corrected chi connectivity index (χ2v) is 8.43. The Kier molecular flexibility index (Phi) is 5.90. The third-order valence-corrected chi connectivity index (χ3v) is 6.23. The Morgan fingerprint density at radius 3 is 2.66 bits per heavy atom. The molecule has 35 heavy (non-hydrogen) atoms. The highest BCUT2D eigenvalue weighted by atomic mass is 19.1. The smallest absolute Gasteiger partial charge is 0.410 e. The number of amides is 1. The molecule has 5 rings (SSSR count). The van der Waals surface area contributed by atoms with Crippen LogP contribution in [0.25, 0.3) is 22.3 Å². The van der Waals surface area contributed by atoms with Crippen molar-refractivity contribution in [3.8, 4) is 17.1 Å². The fraction of sp³-hybridized carbons (Fsp3) is 0.231. The van der Waals surface area contributed by atoms with Crippen molar-refractivity contribution in [2.45, 2.75) is 13.0 Å². The third-order valence-electron chi connectivity index (χ3n) is 6.23. The Balaban J connectivity index is 1.64. The Labute approximate surface area is 201 Å². The molecule has 0 radical (unpaired) electrons. The molecular weight excluding hydrogens is 449 g/mol. The lowest BCUT2D eigenvalue weighted by Crippen LogP contribution is -2.51. The average molecular weight is 474 g/mol. The second-order valence-electron chi connectivity index (χ2n) is 8.43. The molecule has 1 amide bonds. The summed E-state index contributed by atoms with van der Waals surface area (Å²) in [6.07, 6.45) is 2.96. The number of methoxy groups -OCH3 is 1. The lowest BCUT2D eigenvalue weighted by atomic mass is 10.0. The SMILES string of the molecule is COC(=O)N1CCN(c2nc(-c3c(O)cccc3F)nc3cc(C)ccc23)CC1c1ccncc1. The monoisotopic (exact) mass is 473 g/mol. The lowest BCUT2D eigenvalue weighted by Gasteiger charge is -2.41. The number of halogens is 1. The minimum absolute atomic E-state index is 0.0453. The van der Waals surface area contributed by atoms with Gasteiger partial charge in [0.1, 0.15) is 17.4 Å². The molecule has 0 saturated carbocycles. The molecule has 4 aromatic rings. The molecule has 8 nitrogen and oxygen atoms in total. The first-order valence-corrected chi connectivity index (χ1v) is 11.2. The number of piperazine rings is 1. The standard InChI is InChI=1S/C26H24FN5O3/c1-16-6-7-18-20(14-16)29-24(23-19(27)4-3-5-22(23)33)30-25(18)31-12-13-32(26(34)35-2)21(15-31)17-8-10-28-11-9-17/h3-11,14,21,33H,12-13,15H2,1-2H3. The Morgan fingerprint density at radius 1 is 1.11 bits per heavy atom. The van der Waals surface area contributed by atoms with E-state index in [1.165, 1.54) is 25.3 Å². The van der Waals surface area contributed by atoms with Crippen LogP contribution in [0.1, 0.15) is 17.2 Å². The number of phenols is 1. The number of rotatable bonds is 3. The molecule has 1 aliphatic rings. The van der Waals surface area contributed by atoms with Crippen LogP contribution in [0, 0.1) is 12.7 Å². The maximum absolute atomic E-state index is 14.7. The molecule has 178 valence electrons. The van der Waals surface area contributed by atoms with E-state index in [9.17, 15) is 14.3 Å². The zero-order valence-corrected chi connectivity index (χ0v) is 19.3. The van der Waals surface area contributed by atoms with Crippen LogP contribution in [-0.2, 0) is 4.74 Å². The molecule has 1 unspecified atom stereocenters. The maximum Gasteiger partial charge on any atom is 0.410 e. The molecule has 9 heteroatoms. The minimum Gasteiger partial charge on any atom is -0.507 e. The Morgan fingerprint density at radius 2 is 1.91 bits per heavy atom. The van der Waals surface area contributed by atoms with E-state index in [4.69, 9.17) is 9.72 Å². The fourth-order valence-electron chi connectivity index (χ4n) is 4.49. The molecule has 0 bridgehead atoms. The molecule has 1 aliphatic heterocycles. The van der Waals surface area contributed by atoms with Gasteiger partial charge in [-0.2, -0.15) is 0 Å². The van der Waals surface area contributed by atoms with Crippen LogP contribution in [0.3, 0.4) is 0 Å². The molecule has 3 heterocycles. The third kappa shape index (κ3) is 4.21. The van der Waals surface area contributed by atoms with Gasteiger partial charge in [-0.25, -0.2) is 19.2 Å². The van der Waals surface area contributed by atoms with Crippen LogP contribution in [0.4, 0.5) is 15.0 Å². The highest BCUT2D eigenvalue weighted by Crippen LogP contribution is 2.36. The van der Waals surface area contributed by atoms with Gasteiger partial charge in [-0.3, -0.25) is 9.88 Å². The predicted molar refractivity (Wildman–Crippen MR) is 130 cm³/mol. The summed E-state index contributed by atoms with van der Waals surface area (Å²) >= 11 is 0. The van der Waals surface area contributed by atoms with E-state index in [0.29, 0.717) is 31.0 Å². The number of benzene rings is 2. The van der Waals surface area contributed by atoms with Crippen LogP contribution in [0.2, 0.25) is 0 Å². The number of hydrogen-bond donors (Lipinski definition) is 1. The van der Waals surface area contributed by atoms with Gasteiger partial charge in [0.15, 0.2) is 5.82 Å². The van der Waals surface area contributed by atoms with E-state index in [1.54, 1.807) is 17.3 Å². The van der Waals surface area contributed by atoms with Gasteiger partial charge >= 0.3 is 6.09 Å². The number of pyridine rings is 1. The van der Waals surface area contributed by atoms with Crippen molar-refractivity contribution in [1.29, 1.82) is 0 Å². The van der Waals surface area contributed by atoms with Crippen molar-refractivity contribution in [3.63, 3.8) is 0 Å². The van der Waals surface area contributed by atoms with Gasteiger partial charge in [0.25, 0.3) is 0 Å². The first kappa shape index (κ1) is 22.5. The molecule has 1 saturated heterocycles. The second kappa shape index (κ2) is 9.17. The number of nitrogens with zero attached hydrogens (tertiary/aromatic N) is 5. The van der Waals surface area contributed by atoms with Crippen LogP contribution in [0.15, 0.2) is 60.9 Å². The van der Waals surface area contributed by atoms with Crippen molar-refractivity contribution in [2.75, 3.05) is 31.6 Å². The summed E-state index contributed by atoms with van der Waals surface area (Å²) in [6.45, 7) is 3.27. The highest BCUT2D eigenvalue weighted by Gasteiger charge is 2.34. The van der Waals surface area contributed by atoms with Crippen molar-refractivity contribution >= 4 is 22.8 Å². The van der Waals surface area contributed by atoms with Gasteiger partial charge in [0.2, 0.25) is 0 Å². The first-order chi connectivity index (χ1) is 17.0. The number of aryl methyl sites for hydroxylation is 1. The van der Waals surface area contributed by atoms with Crippen molar-refractivity contribution < 1.29 is 19.0 Å². The number of ether oxygens (including phenoxy) is 1. The number of aromatic nitrogens is 3. The Hall–Kier alpha value is -4.27. The molecular formula is C26H24FN5O3. The molecule has 1 atom stereocenters. The van der Waals surface area contributed by atoms with Gasteiger partial charge in [-0.15, -0.1) is 0 Å². The molecule has 0 aliphatic carbocycles. The average Bonchev–Trinajstić information content (AvgIpc) is 2.87. The van der Waals surface area contributed by atoms with E-state index < -0.39 is 11.9 Å². The fourth-order valence-corrected chi connectivity index (χ4v) is 4.49. The van der Waals surface area contributed by atoms with E-state index in [2.05, 4.69) is 14.9 Å². The van der Waals surface area contributed by atoms with Gasteiger partial charge in [0.05, 0.1) is 24.2 Å². The van der Waals surface area contributed by atoms with Gasteiger partial charge < -0.3 is 14.7 Å². The zero-order valence-electron chi connectivity index (χ0n) is 19.3. The number of phenolic OH excluding ortho intramolecular Hbond substituents is 1. The van der Waals surface area contributed by atoms with Crippen molar-refractivity contribution in [1.82, 2.24) is 19.9 Å². The summed E-state index contributed by atoms with van der Waals surface area (Å²) in [5.74, 6) is -0.123. The summed E-state index contributed by atoms with van der Waals surface area (Å²) < 4.78 is 19.8. The molecule has 1 fully saturated rings. The minimum atomic E-state index is -0.604. The number of anilines is 1. The van der Waals surface area contributed by atoms with E-state index in [-0.39, 0.29) is 23.2 Å². The number of aromatic hydroxyl groups is 1. The van der Waals surface area contributed by atoms with Crippen LogP contribution in [0.5, 0.6) is 5.75 Å². The van der Waals surface area contributed by atoms with Crippen molar-refractivity contribution in [2.24, 2.45) is 0 Å². The molecule has 0 spiro atoms. The summed E-state index contributed by atoms with van der Waals surface area (Å²) in [5.41, 5.74) is 2.51. The van der Waals surface area contributed by atoms with Crippen LogP contribution >= 0.6 is 0 Å². The largest absolute Gasteiger partial charge is 0.507 e.